The minimum atomic E-state index is -3.22. The van der Waals surface area contributed by atoms with Gasteiger partial charge in [0.15, 0.2) is 0 Å². The Hall–Kier alpha value is -0.570. The zero-order valence-corrected chi connectivity index (χ0v) is 20.5. The van der Waals surface area contributed by atoms with Crippen LogP contribution in [-0.2, 0) is 40.1 Å². The molecule has 2 aromatic heterocycles. The van der Waals surface area contributed by atoms with Gasteiger partial charge in [-0.05, 0) is 51.8 Å². The number of nitrogens with one attached hydrogen (secondary N) is 1. The lowest BCUT2D eigenvalue weighted by molar-refractivity contribution is 0.106. The predicted octanol–water partition coefficient (Wildman–Crippen LogP) is 6.01. The molecule has 31 heavy (non-hydrogen) atoms. The number of H-pyrrole nitrogens is 1. The van der Waals surface area contributed by atoms with Crippen LogP contribution in [0.4, 0.5) is 4.39 Å². The van der Waals surface area contributed by atoms with E-state index in [2.05, 4.69) is 43.7 Å². The zero-order chi connectivity index (χ0) is 24.3. The first-order valence-corrected chi connectivity index (χ1v) is 13.6. The highest BCUT2D eigenvalue weighted by atomic mass is 36.0. The Kier molecular flexibility index (Phi) is 11.9. The van der Waals surface area contributed by atoms with Gasteiger partial charge in [0.25, 0.3) is 5.56 Å². The number of ether oxygens (including phenoxy) is 2. The van der Waals surface area contributed by atoms with Crippen molar-refractivity contribution in [3.63, 3.8) is 0 Å². The Balaban J connectivity index is 0.000000243. The summed E-state index contributed by atoms with van der Waals surface area (Å²) in [6, 6.07) is 2.87. The minimum Gasteiger partial charge on any atom is -0.507 e. The van der Waals surface area contributed by atoms with Crippen molar-refractivity contribution in [2.75, 3.05) is 20.4 Å². The van der Waals surface area contributed by atoms with E-state index in [0.29, 0.717) is 42.1 Å². The average Bonchev–Trinajstić information content (AvgIpc) is 2.68. The molecule has 2 N–H and O–H groups in total. The molecule has 0 aromatic carbocycles. The minimum absolute atomic E-state index is 0.0806. The first-order chi connectivity index (χ1) is 15.0. The van der Waals surface area contributed by atoms with E-state index in [4.69, 9.17) is 34.0 Å². The van der Waals surface area contributed by atoms with Crippen LogP contribution >= 0.6 is 62.1 Å². The Labute approximate surface area is 203 Å². The van der Waals surface area contributed by atoms with Gasteiger partial charge < -0.3 is 19.6 Å². The third kappa shape index (κ3) is 10.7. The maximum Gasteiger partial charge on any atom is 0.339 e. The molecule has 0 saturated heterocycles. The number of rotatable bonds is 0. The zero-order valence-electron chi connectivity index (χ0n) is 16.8. The lowest BCUT2D eigenvalue weighted by atomic mass is 10.1. The van der Waals surface area contributed by atoms with Crippen LogP contribution in [0.15, 0.2) is 16.9 Å². The van der Waals surface area contributed by atoms with Crippen LogP contribution < -0.4 is 5.56 Å². The standard InChI is InChI=1S/C8H7Cl2NO.C8H9NO3.CH3F.Cl3OP/c9-6-3-8(10)11-7-4-12-2-1-5(6)7;10-7-3-8(11)9-6-4-12-2-1-5(6)7;1-2;1-5(2,3)4/h3H,1-2,4H2;3H,1-2,4H2,(H2,9,10,11);1H3;/i;;1D;. The molecule has 0 spiro atoms. The van der Waals surface area contributed by atoms with Crippen molar-refractivity contribution in [2.24, 2.45) is 0 Å². The number of hydrogen-bond acceptors (Lipinski definition) is 6. The molecule has 2 aliphatic heterocycles. The smallest absolute Gasteiger partial charge is 0.339 e. The number of halogens is 6. The van der Waals surface area contributed by atoms with Crippen LogP contribution in [0.25, 0.3) is 0 Å². The highest BCUT2D eigenvalue weighted by Gasteiger charge is 2.15. The van der Waals surface area contributed by atoms with Gasteiger partial charge in [0.2, 0.25) is 0 Å². The normalized spacial score (nSPS) is 14.7. The van der Waals surface area contributed by atoms with Gasteiger partial charge in [-0.1, -0.05) is 23.2 Å². The topological polar surface area (TPSA) is 102 Å². The largest absolute Gasteiger partial charge is 0.507 e. The fourth-order valence-corrected chi connectivity index (χ4v) is 3.24. The van der Waals surface area contributed by atoms with Crippen LogP contribution in [0.1, 0.15) is 23.9 Å². The molecule has 0 amide bonds. The van der Waals surface area contributed by atoms with E-state index in [-0.39, 0.29) is 11.3 Å². The summed E-state index contributed by atoms with van der Waals surface area (Å²) >= 11 is 25.5. The molecule has 0 bridgehead atoms. The Morgan fingerprint density at radius 2 is 1.71 bits per heavy atom. The maximum atomic E-state index is 10.9. The molecule has 0 unspecified atom stereocenters. The van der Waals surface area contributed by atoms with Gasteiger partial charge >= 0.3 is 5.20 Å². The highest BCUT2D eigenvalue weighted by Crippen LogP contribution is 2.61. The second-order valence-corrected chi connectivity index (χ2v) is 13.3. The van der Waals surface area contributed by atoms with Crippen molar-refractivity contribution in [3.8, 4) is 5.75 Å². The summed E-state index contributed by atoms with van der Waals surface area (Å²) in [5, 5.41) is 7.28. The Morgan fingerprint density at radius 3 is 2.32 bits per heavy atom. The molecule has 0 radical (unpaired) electrons. The van der Waals surface area contributed by atoms with Crippen molar-refractivity contribution in [1.29, 1.82) is 0 Å². The van der Waals surface area contributed by atoms with Crippen molar-refractivity contribution >= 4 is 62.1 Å². The van der Waals surface area contributed by atoms with E-state index in [1.165, 1.54) is 6.07 Å². The maximum absolute atomic E-state index is 10.9. The number of pyridine rings is 2. The van der Waals surface area contributed by atoms with Crippen LogP contribution in [0.5, 0.6) is 5.75 Å². The van der Waals surface area contributed by atoms with Crippen molar-refractivity contribution in [1.82, 2.24) is 9.97 Å². The molecule has 2 aliphatic rings. The van der Waals surface area contributed by atoms with Crippen LogP contribution in [-0.4, -0.2) is 35.4 Å². The fraction of sp³-hybridized carbons (Fsp3) is 0.412. The summed E-state index contributed by atoms with van der Waals surface area (Å²) in [6.07, 6.45) is 1.50. The lowest BCUT2D eigenvalue weighted by Gasteiger charge is -2.16. The van der Waals surface area contributed by atoms with E-state index in [9.17, 15) is 18.9 Å². The quantitative estimate of drug-likeness (QED) is 0.303. The van der Waals surface area contributed by atoms with Gasteiger partial charge in [0.05, 0.1) is 46.3 Å². The number of hydrogen-bond donors (Lipinski definition) is 2. The molecule has 0 fully saturated rings. The van der Waals surface area contributed by atoms with E-state index >= 15 is 0 Å². The molecule has 4 heterocycles. The monoisotopic (exact) mass is 557 g/mol. The summed E-state index contributed by atoms with van der Waals surface area (Å²) in [5.74, 6) is 0.0806. The summed E-state index contributed by atoms with van der Waals surface area (Å²) in [6.45, 7) is 2.23. The molecular formula is C17H19Cl5FN2O5P. The van der Waals surface area contributed by atoms with Crippen molar-refractivity contribution < 1.29 is 24.9 Å². The molecule has 2 aromatic rings. The highest BCUT2D eigenvalue weighted by molar-refractivity contribution is 8.24. The van der Waals surface area contributed by atoms with Crippen LogP contribution in [0.3, 0.4) is 0 Å². The molecule has 14 heteroatoms. The van der Waals surface area contributed by atoms with Gasteiger partial charge in [0.1, 0.15) is 10.9 Å². The molecule has 0 aliphatic carbocycles. The Morgan fingerprint density at radius 1 is 1.16 bits per heavy atom. The predicted molar refractivity (Wildman–Crippen MR) is 122 cm³/mol. The summed E-state index contributed by atoms with van der Waals surface area (Å²) in [7, 11) is -1.00. The van der Waals surface area contributed by atoms with Gasteiger partial charge in [-0.15, -0.1) is 0 Å². The van der Waals surface area contributed by atoms with Crippen LogP contribution in [0, 0.1) is 0 Å². The van der Waals surface area contributed by atoms with Crippen molar-refractivity contribution in [2.45, 2.75) is 26.1 Å². The summed E-state index contributed by atoms with van der Waals surface area (Å²) in [5.41, 5.74) is 3.18. The van der Waals surface area contributed by atoms with E-state index in [0.717, 1.165) is 29.8 Å². The fourth-order valence-electron chi connectivity index (χ4n) is 2.66. The molecule has 7 nitrogen and oxygen atoms in total. The van der Waals surface area contributed by atoms with E-state index < -0.39 is 12.4 Å². The first kappa shape index (κ1) is 26.7. The number of aromatic nitrogens is 2. The molecule has 0 atom stereocenters. The number of aromatic amines is 1. The second kappa shape index (κ2) is 13.9. The number of nitrogens with zero attached hydrogens (tertiary/aromatic N) is 1. The summed E-state index contributed by atoms with van der Waals surface area (Å²) < 4.78 is 35.4. The second-order valence-electron chi connectivity index (χ2n) is 5.83. The molecule has 4 rings (SSSR count). The average molecular weight is 560 g/mol. The van der Waals surface area contributed by atoms with Gasteiger partial charge in [-0.3, -0.25) is 13.8 Å². The number of aromatic hydroxyl groups is 1. The third-order valence-corrected chi connectivity index (χ3v) is 4.35. The SMILES string of the molecule is Clc1cc(Cl)c2c(n1)COCC2.O=P(Cl)(Cl)Cl.O=c1cc(O)c2c([nH]1)COCC2.[2H]CF. The first-order valence-electron chi connectivity index (χ1n) is 9.14. The lowest BCUT2D eigenvalue weighted by Crippen LogP contribution is -2.17. The molecule has 0 saturated carbocycles. The van der Waals surface area contributed by atoms with Gasteiger partial charge in [-0.25, -0.2) is 4.98 Å². The van der Waals surface area contributed by atoms with E-state index in [1.807, 2.05) is 0 Å². The van der Waals surface area contributed by atoms with Crippen molar-refractivity contribution in [3.05, 3.63) is 55.2 Å². The van der Waals surface area contributed by atoms with E-state index in [1.54, 1.807) is 6.07 Å². The molecule has 174 valence electrons. The number of fused-ring (bicyclic) bond motifs is 2. The van der Waals surface area contributed by atoms with Gasteiger partial charge in [-0.2, -0.15) is 0 Å². The van der Waals surface area contributed by atoms with Gasteiger partial charge in [0, 0.05) is 23.1 Å². The van der Waals surface area contributed by atoms with Crippen LogP contribution in [0.2, 0.25) is 10.2 Å². The third-order valence-electron chi connectivity index (χ3n) is 3.82. The Bertz CT molecular complexity index is 986. The molecular weight excluding hydrogens is 539 g/mol. The number of alkyl halides is 1. The summed E-state index contributed by atoms with van der Waals surface area (Å²) in [4.78, 5) is 17.6.